The molecule has 4 rings (SSSR count). The molecular formula is C27H20Cl2INO4S. The molecule has 3 aromatic rings. The summed E-state index contributed by atoms with van der Waals surface area (Å²) in [6.07, 6.45) is 1.69. The second kappa shape index (κ2) is 12.2. The zero-order chi connectivity index (χ0) is 25.7. The van der Waals surface area contributed by atoms with Gasteiger partial charge in [0, 0.05) is 3.57 Å². The molecule has 0 unspecified atom stereocenters. The average Bonchev–Trinajstić information content (AvgIpc) is 3.14. The summed E-state index contributed by atoms with van der Waals surface area (Å²) < 4.78 is 12.2. The van der Waals surface area contributed by atoms with Crippen molar-refractivity contribution in [1.82, 2.24) is 0 Å². The van der Waals surface area contributed by atoms with Gasteiger partial charge in [-0.15, -0.1) is 0 Å². The third kappa shape index (κ3) is 6.45. The number of ether oxygens (including phenoxy) is 2. The maximum absolute atomic E-state index is 12.6. The van der Waals surface area contributed by atoms with Crippen LogP contribution in [0.4, 0.5) is 5.69 Å². The van der Waals surface area contributed by atoms with Crippen molar-refractivity contribution in [2.24, 2.45) is 4.99 Å². The van der Waals surface area contributed by atoms with Crippen molar-refractivity contribution in [3.63, 3.8) is 0 Å². The summed E-state index contributed by atoms with van der Waals surface area (Å²) in [7, 11) is 0. The van der Waals surface area contributed by atoms with E-state index in [2.05, 4.69) is 27.6 Å². The Morgan fingerprint density at radius 3 is 2.39 bits per heavy atom. The van der Waals surface area contributed by atoms with Gasteiger partial charge in [-0.2, -0.15) is 0 Å². The van der Waals surface area contributed by atoms with Gasteiger partial charge in [0.25, 0.3) is 0 Å². The van der Waals surface area contributed by atoms with Crippen LogP contribution in [0.5, 0.6) is 5.75 Å². The number of carbonyl (C=O) groups is 1. The van der Waals surface area contributed by atoms with Gasteiger partial charge in [-0.3, -0.25) is 0 Å². The van der Waals surface area contributed by atoms with Crippen molar-refractivity contribution in [1.29, 1.82) is 0 Å². The Kier molecular flexibility index (Phi) is 9.00. The van der Waals surface area contributed by atoms with E-state index in [1.807, 2.05) is 54.6 Å². The van der Waals surface area contributed by atoms with Gasteiger partial charge in [0.1, 0.15) is 23.0 Å². The lowest BCUT2D eigenvalue weighted by atomic mass is 10.1. The van der Waals surface area contributed by atoms with Gasteiger partial charge >= 0.3 is 5.97 Å². The standard InChI is InChI=1S/C27H20Cl2INO4S/c1-2-34-27(33)23-24(32)22(36-26(23)31-19-6-4-3-5-7-19)14-17-12-20(28)25(21(29)13-17)35-15-16-8-10-18(30)11-9-16/h3-14,32H,2,15H2,1H3/b22-14-,31-26?. The zero-order valence-electron chi connectivity index (χ0n) is 19.0. The van der Waals surface area contributed by atoms with Crippen molar-refractivity contribution in [2.75, 3.05) is 6.61 Å². The summed E-state index contributed by atoms with van der Waals surface area (Å²) in [6, 6.07) is 20.5. The third-order valence-electron chi connectivity index (χ3n) is 4.97. The molecule has 1 N–H and O–H groups in total. The molecule has 0 aromatic heterocycles. The Labute approximate surface area is 237 Å². The summed E-state index contributed by atoms with van der Waals surface area (Å²) in [6.45, 7) is 2.19. The number of aliphatic imine (C=N–C) groups is 1. The number of aliphatic hydroxyl groups is 1. The van der Waals surface area contributed by atoms with Crippen LogP contribution in [0.2, 0.25) is 10.0 Å². The number of aliphatic hydroxyl groups excluding tert-OH is 1. The molecule has 0 fully saturated rings. The Balaban J connectivity index is 1.62. The van der Waals surface area contributed by atoms with Crippen molar-refractivity contribution in [3.8, 4) is 5.75 Å². The molecule has 0 saturated carbocycles. The summed E-state index contributed by atoms with van der Waals surface area (Å²) in [5, 5.41) is 11.9. The van der Waals surface area contributed by atoms with E-state index in [0.29, 0.717) is 43.6 Å². The van der Waals surface area contributed by atoms with E-state index in [9.17, 15) is 9.90 Å². The number of thioether (sulfide) groups is 1. The second-order valence-electron chi connectivity index (χ2n) is 7.54. The Morgan fingerprint density at radius 2 is 1.75 bits per heavy atom. The first kappa shape index (κ1) is 26.6. The molecule has 1 heterocycles. The minimum Gasteiger partial charge on any atom is -0.506 e. The number of hydrogen-bond acceptors (Lipinski definition) is 6. The first-order valence-corrected chi connectivity index (χ1v) is 13.5. The van der Waals surface area contributed by atoms with Crippen LogP contribution in [0.3, 0.4) is 0 Å². The fourth-order valence-electron chi connectivity index (χ4n) is 3.30. The van der Waals surface area contributed by atoms with E-state index in [0.717, 1.165) is 20.9 Å². The van der Waals surface area contributed by atoms with Crippen LogP contribution >= 0.6 is 57.6 Å². The number of benzene rings is 3. The van der Waals surface area contributed by atoms with Crippen LogP contribution in [0.15, 0.2) is 88.0 Å². The number of para-hydroxylation sites is 1. The summed E-state index contributed by atoms with van der Waals surface area (Å²) in [4.78, 5) is 17.6. The predicted molar refractivity (Wildman–Crippen MR) is 155 cm³/mol. The van der Waals surface area contributed by atoms with Gasteiger partial charge in [0.2, 0.25) is 0 Å². The number of esters is 1. The first-order valence-electron chi connectivity index (χ1n) is 10.9. The smallest absolute Gasteiger partial charge is 0.344 e. The van der Waals surface area contributed by atoms with Crippen molar-refractivity contribution in [2.45, 2.75) is 13.5 Å². The van der Waals surface area contributed by atoms with Crippen LogP contribution in [0.25, 0.3) is 6.08 Å². The fraction of sp³-hybridized carbons (Fsp3) is 0.111. The summed E-state index contributed by atoms with van der Waals surface area (Å²) in [5.74, 6) is -0.480. The number of rotatable bonds is 7. The van der Waals surface area contributed by atoms with E-state index in [-0.39, 0.29) is 17.9 Å². The number of carbonyl (C=O) groups excluding carboxylic acids is 1. The Hall–Kier alpha value is -2.46. The van der Waals surface area contributed by atoms with Gasteiger partial charge in [-0.05, 0) is 83.1 Å². The van der Waals surface area contributed by atoms with Crippen LogP contribution in [0, 0.1) is 3.57 Å². The molecule has 0 amide bonds. The largest absolute Gasteiger partial charge is 0.506 e. The van der Waals surface area contributed by atoms with Crippen molar-refractivity contribution < 1.29 is 19.4 Å². The molecule has 0 spiro atoms. The molecule has 0 bridgehead atoms. The molecular weight excluding hydrogens is 632 g/mol. The topological polar surface area (TPSA) is 68.1 Å². The van der Waals surface area contributed by atoms with Gasteiger partial charge in [-0.1, -0.05) is 65.3 Å². The monoisotopic (exact) mass is 651 g/mol. The molecule has 0 aliphatic carbocycles. The molecule has 0 atom stereocenters. The average molecular weight is 652 g/mol. The van der Waals surface area contributed by atoms with Gasteiger partial charge < -0.3 is 14.6 Å². The molecule has 5 nitrogen and oxygen atoms in total. The molecule has 0 saturated heterocycles. The highest BCUT2D eigenvalue weighted by molar-refractivity contribution is 14.1. The van der Waals surface area contributed by atoms with Crippen LogP contribution in [-0.4, -0.2) is 22.7 Å². The lowest BCUT2D eigenvalue weighted by molar-refractivity contribution is -0.138. The Bertz CT molecular complexity index is 1350. The Morgan fingerprint density at radius 1 is 1.08 bits per heavy atom. The molecule has 36 heavy (non-hydrogen) atoms. The van der Waals surface area contributed by atoms with E-state index in [1.165, 1.54) is 0 Å². The normalized spacial score (nSPS) is 15.6. The van der Waals surface area contributed by atoms with Crippen LogP contribution < -0.4 is 4.74 Å². The van der Waals surface area contributed by atoms with E-state index in [4.69, 9.17) is 32.7 Å². The summed E-state index contributed by atoms with van der Waals surface area (Å²) in [5.41, 5.74) is 2.29. The lowest BCUT2D eigenvalue weighted by Crippen LogP contribution is -2.12. The third-order valence-corrected chi connectivity index (χ3v) is 7.27. The first-order chi connectivity index (χ1) is 17.4. The molecule has 1 aliphatic heterocycles. The van der Waals surface area contributed by atoms with Crippen LogP contribution in [-0.2, 0) is 16.1 Å². The maximum atomic E-state index is 12.6. The molecule has 9 heteroatoms. The minimum atomic E-state index is -0.643. The van der Waals surface area contributed by atoms with Gasteiger partial charge in [-0.25, -0.2) is 9.79 Å². The van der Waals surface area contributed by atoms with Gasteiger partial charge in [0.05, 0.1) is 27.2 Å². The second-order valence-corrected chi connectivity index (χ2v) is 10.6. The summed E-state index contributed by atoms with van der Waals surface area (Å²) >= 11 is 16.4. The maximum Gasteiger partial charge on any atom is 0.344 e. The number of halogens is 3. The molecule has 0 radical (unpaired) electrons. The van der Waals surface area contributed by atoms with E-state index in [1.54, 1.807) is 25.1 Å². The highest BCUT2D eigenvalue weighted by atomic mass is 127. The molecule has 184 valence electrons. The van der Waals surface area contributed by atoms with Crippen molar-refractivity contribution >= 4 is 80.3 Å². The lowest BCUT2D eigenvalue weighted by Gasteiger charge is -2.11. The highest BCUT2D eigenvalue weighted by Crippen LogP contribution is 2.42. The number of hydrogen-bond donors (Lipinski definition) is 1. The quantitative estimate of drug-likeness (QED) is 0.205. The SMILES string of the molecule is CCOC(=O)C1=C(O)/C(=C/c2cc(Cl)c(OCc3ccc(I)cc3)c(Cl)c2)SC1=Nc1ccccc1. The molecule has 3 aromatic carbocycles. The minimum absolute atomic E-state index is 0.0200. The predicted octanol–water partition coefficient (Wildman–Crippen LogP) is 8.37. The van der Waals surface area contributed by atoms with E-state index >= 15 is 0 Å². The zero-order valence-corrected chi connectivity index (χ0v) is 23.5. The fourth-order valence-corrected chi connectivity index (χ4v) is 5.31. The number of nitrogens with zero attached hydrogens (tertiary/aromatic N) is 1. The van der Waals surface area contributed by atoms with Gasteiger partial charge in [0.15, 0.2) is 5.75 Å². The molecule has 1 aliphatic rings. The van der Waals surface area contributed by atoms with Crippen LogP contribution in [0.1, 0.15) is 18.1 Å². The van der Waals surface area contributed by atoms with Crippen molar-refractivity contribution in [3.05, 3.63) is 108 Å². The highest BCUT2D eigenvalue weighted by Gasteiger charge is 2.33. The van der Waals surface area contributed by atoms with E-state index < -0.39 is 5.97 Å².